The van der Waals surface area contributed by atoms with Gasteiger partial charge in [-0.2, -0.15) is 5.26 Å². The Balaban J connectivity index is 2.31. The molecule has 0 spiro atoms. The van der Waals surface area contributed by atoms with Crippen molar-refractivity contribution in [2.45, 2.75) is 13.0 Å². The summed E-state index contributed by atoms with van der Waals surface area (Å²) in [6.45, 7) is 2.46. The lowest BCUT2D eigenvalue weighted by Gasteiger charge is -2.09. The van der Waals surface area contributed by atoms with E-state index in [0.717, 1.165) is 18.7 Å². The average Bonchev–Trinajstić information content (AvgIpc) is 2.50. The van der Waals surface area contributed by atoms with Crippen LogP contribution in [0.15, 0.2) is 24.3 Å². The highest BCUT2D eigenvalue weighted by atomic mass is 16.5. The van der Waals surface area contributed by atoms with Crippen molar-refractivity contribution in [1.29, 1.82) is 5.26 Å². The van der Waals surface area contributed by atoms with Crippen molar-refractivity contribution in [2.75, 3.05) is 33.4 Å². The highest BCUT2D eigenvalue weighted by Gasteiger charge is 2.02. The Morgan fingerprint density at radius 3 is 3.00 bits per heavy atom. The highest BCUT2D eigenvalue weighted by molar-refractivity contribution is 5.77. The Morgan fingerprint density at radius 2 is 2.24 bits per heavy atom. The van der Waals surface area contributed by atoms with E-state index in [-0.39, 0.29) is 12.5 Å². The smallest absolute Gasteiger partial charge is 0.257 e. The molecule has 0 saturated carbocycles. The summed E-state index contributed by atoms with van der Waals surface area (Å²) in [6.07, 6.45) is 0.300. The van der Waals surface area contributed by atoms with Gasteiger partial charge < -0.3 is 20.1 Å². The third kappa shape index (κ3) is 7.92. The summed E-state index contributed by atoms with van der Waals surface area (Å²) in [6, 6.07) is 9.53. The third-order valence-corrected chi connectivity index (χ3v) is 2.64. The Labute approximate surface area is 125 Å². The van der Waals surface area contributed by atoms with Crippen LogP contribution in [0.3, 0.4) is 0 Å². The van der Waals surface area contributed by atoms with Crippen molar-refractivity contribution in [2.24, 2.45) is 0 Å². The van der Waals surface area contributed by atoms with Gasteiger partial charge in [0.2, 0.25) is 0 Å². The maximum Gasteiger partial charge on any atom is 0.257 e. The van der Waals surface area contributed by atoms with Gasteiger partial charge in [0.1, 0.15) is 5.75 Å². The molecular formula is C15H21N3O3. The second-order valence-corrected chi connectivity index (χ2v) is 4.36. The molecule has 0 saturated heterocycles. The SMILES string of the molecule is COCCNCc1cccc(OCC(=O)NCCC#N)c1. The fourth-order valence-corrected chi connectivity index (χ4v) is 1.61. The lowest BCUT2D eigenvalue weighted by Crippen LogP contribution is -2.29. The Kier molecular flexibility index (Phi) is 8.61. The predicted octanol–water partition coefficient (Wildman–Crippen LogP) is 0.831. The molecule has 0 aliphatic rings. The summed E-state index contributed by atoms with van der Waals surface area (Å²) >= 11 is 0. The number of hydrogen-bond acceptors (Lipinski definition) is 5. The van der Waals surface area contributed by atoms with Crippen LogP contribution in [0.25, 0.3) is 0 Å². The fraction of sp³-hybridized carbons (Fsp3) is 0.467. The van der Waals surface area contributed by atoms with E-state index in [1.165, 1.54) is 0 Å². The molecule has 1 aromatic rings. The lowest BCUT2D eigenvalue weighted by atomic mass is 10.2. The number of nitriles is 1. The molecule has 1 amide bonds. The Hall–Kier alpha value is -2.10. The molecule has 1 rings (SSSR count). The normalized spacial score (nSPS) is 9.90. The lowest BCUT2D eigenvalue weighted by molar-refractivity contribution is -0.123. The molecule has 0 heterocycles. The Morgan fingerprint density at radius 1 is 1.38 bits per heavy atom. The molecule has 0 unspecified atom stereocenters. The molecule has 0 bridgehead atoms. The van der Waals surface area contributed by atoms with Crippen LogP contribution >= 0.6 is 0 Å². The van der Waals surface area contributed by atoms with Gasteiger partial charge in [-0.1, -0.05) is 12.1 Å². The van der Waals surface area contributed by atoms with Crippen LogP contribution in [0.2, 0.25) is 0 Å². The van der Waals surface area contributed by atoms with Crippen molar-refractivity contribution in [3.8, 4) is 11.8 Å². The van der Waals surface area contributed by atoms with Crippen LogP contribution in [0.5, 0.6) is 5.75 Å². The topological polar surface area (TPSA) is 83.4 Å². The van der Waals surface area contributed by atoms with Gasteiger partial charge >= 0.3 is 0 Å². The summed E-state index contributed by atoms with van der Waals surface area (Å²) < 4.78 is 10.4. The standard InChI is InChI=1S/C15H21N3O3/c1-20-9-8-17-11-13-4-2-5-14(10-13)21-12-15(19)18-7-3-6-16/h2,4-5,10,17H,3,7-9,11-12H2,1H3,(H,18,19). The van der Waals surface area contributed by atoms with E-state index in [1.807, 2.05) is 24.3 Å². The largest absolute Gasteiger partial charge is 0.484 e. The van der Waals surface area contributed by atoms with E-state index in [1.54, 1.807) is 13.2 Å². The molecule has 114 valence electrons. The van der Waals surface area contributed by atoms with E-state index >= 15 is 0 Å². The first-order valence-corrected chi connectivity index (χ1v) is 6.81. The average molecular weight is 291 g/mol. The van der Waals surface area contributed by atoms with Gasteiger partial charge in [0.15, 0.2) is 6.61 Å². The molecule has 6 nitrogen and oxygen atoms in total. The number of benzene rings is 1. The zero-order chi connectivity index (χ0) is 15.3. The number of nitrogens with one attached hydrogen (secondary N) is 2. The number of carbonyl (C=O) groups is 1. The minimum Gasteiger partial charge on any atom is -0.484 e. The van der Waals surface area contributed by atoms with E-state index in [4.69, 9.17) is 14.7 Å². The molecule has 2 N–H and O–H groups in total. The minimum atomic E-state index is -0.228. The molecule has 0 radical (unpaired) electrons. The van der Waals surface area contributed by atoms with Crippen molar-refractivity contribution in [3.63, 3.8) is 0 Å². The highest BCUT2D eigenvalue weighted by Crippen LogP contribution is 2.13. The van der Waals surface area contributed by atoms with Crippen LogP contribution in [0.4, 0.5) is 0 Å². The molecular weight excluding hydrogens is 270 g/mol. The van der Waals surface area contributed by atoms with Crippen LogP contribution in [-0.2, 0) is 16.1 Å². The number of carbonyl (C=O) groups excluding carboxylic acids is 1. The molecule has 0 aliphatic carbocycles. The molecule has 0 aromatic heterocycles. The van der Waals surface area contributed by atoms with Crippen LogP contribution in [0, 0.1) is 11.3 Å². The van der Waals surface area contributed by atoms with Gasteiger partial charge in [-0.3, -0.25) is 4.79 Å². The number of amides is 1. The van der Waals surface area contributed by atoms with Gasteiger partial charge in [0, 0.05) is 26.7 Å². The second-order valence-electron chi connectivity index (χ2n) is 4.36. The first kappa shape index (κ1) is 17.0. The van der Waals surface area contributed by atoms with Crippen molar-refractivity contribution >= 4 is 5.91 Å². The maximum atomic E-state index is 11.4. The summed E-state index contributed by atoms with van der Waals surface area (Å²) in [5.41, 5.74) is 1.08. The summed E-state index contributed by atoms with van der Waals surface area (Å²) in [7, 11) is 1.66. The predicted molar refractivity (Wildman–Crippen MR) is 78.8 cm³/mol. The summed E-state index contributed by atoms with van der Waals surface area (Å²) in [5, 5.41) is 14.2. The van der Waals surface area contributed by atoms with Crippen LogP contribution < -0.4 is 15.4 Å². The van der Waals surface area contributed by atoms with Gasteiger partial charge in [-0.15, -0.1) is 0 Å². The van der Waals surface area contributed by atoms with E-state index in [0.29, 0.717) is 25.3 Å². The number of ether oxygens (including phenoxy) is 2. The number of hydrogen-bond donors (Lipinski definition) is 2. The monoisotopic (exact) mass is 291 g/mol. The fourth-order valence-electron chi connectivity index (χ4n) is 1.61. The second kappa shape index (κ2) is 10.7. The maximum absolute atomic E-state index is 11.4. The molecule has 0 atom stereocenters. The quantitative estimate of drug-likeness (QED) is 0.624. The molecule has 21 heavy (non-hydrogen) atoms. The van der Waals surface area contributed by atoms with Gasteiger partial charge in [-0.25, -0.2) is 0 Å². The molecule has 0 aliphatic heterocycles. The minimum absolute atomic E-state index is 0.0496. The summed E-state index contributed by atoms with van der Waals surface area (Å²) in [5.74, 6) is 0.422. The zero-order valence-corrected chi connectivity index (χ0v) is 12.2. The van der Waals surface area contributed by atoms with E-state index < -0.39 is 0 Å². The first-order chi connectivity index (χ1) is 10.3. The first-order valence-electron chi connectivity index (χ1n) is 6.81. The molecule has 0 fully saturated rings. The molecule has 6 heteroatoms. The van der Waals surface area contributed by atoms with Crippen molar-refractivity contribution in [3.05, 3.63) is 29.8 Å². The Bertz CT molecular complexity index is 471. The van der Waals surface area contributed by atoms with Crippen molar-refractivity contribution in [1.82, 2.24) is 10.6 Å². The van der Waals surface area contributed by atoms with Gasteiger partial charge in [-0.05, 0) is 17.7 Å². The van der Waals surface area contributed by atoms with Gasteiger partial charge in [0.05, 0.1) is 19.1 Å². The van der Waals surface area contributed by atoms with Gasteiger partial charge in [0.25, 0.3) is 5.91 Å². The van der Waals surface area contributed by atoms with Crippen LogP contribution in [-0.4, -0.2) is 39.3 Å². The zero-order valence-electron chi connectivity index (χ0n) is 12.2. The third-order valence-electron chi connectivity index (χ3n) is 2.64. The summed E-state index contributed by atoms with van der Waals surface area (Å²) in [4.78, 5) is 11.4. The number of rotatable bonds is 10. The molecule has 1 aromatic carbocycles. The number of nitrogens with zero attached hydrogens (tertiary/aromatic N) is 1. The van der Waals surface area contributed by atoms with E-state index in [2.05, 4.69) is 10.6 Å². The van der Waals surface area contributed by atoms with Crippen LogP contribution in [0.1, 0.15) is 12.0 Å². The van der Waals surface area contributed by atoms with E-state index in [9.17, 15) is 4.79 Å². The van der Waals surface area contributed by atoms with Crippen molar-refractivity contribution < 1.29 is 14.3 Å². The number of methoxy groups -OCH3 is 1.